The van der Waals surface area contributed by atoms with Crippen molar-refractivity contribution in [3.8, 4) is 11.8 Å². The molecule has 0 saturated heterocycles. The Hall–Kier alpha value is -1.62. The fraction of sp³-hybridized carbons (Fsp3) is 0.0455. The molecule has 3 aromatic carbocycles. The van der Waals surface area contributed by atoms with Crippen LogP contribution in [0.4, 0.5) is 0 Å². The number of rotatable bonds is 5. The Labute approximate surface area is 189 Å². The normalized spacial score (nSPS) is 11.1. The van der Waals surface area contributed by atoms with E-state index in [0.717, 1.165) is 35.0 Å². The van der Waals surface area contributed by atoms with Crippen molar-refractivity contribution in [1.82, 2.24) is 0 Å². The first-order valence-electron chi connectivity index (χ1n) is 8.10. The van der Waals surface area contributed by atoms with Gasteiger partial charge in [-0.15, -0.1) is 0 Å². The number of benzene rings is 3. The van der Waals surface area contributed by atoms with Crippen LogP contribution in [0.3, 0.4) is 0 Å². The number of hydrogen-bond donors (Lipinski definition) is 0. The van der Waals surface area contributed by atoms with Gasteiger partial charge in [0.15, 0.2) is 0 Å². The number of nitrogens with zero attached hydrogens (tertiary/aromatic N) is 1. The first-order valence-corrected chi connectivity index (χ1v) is 10.8. The lowest BCUT2D eigenvalue weighted by Gasteiger charge is -2.12. The zero-order valence-corrected chi connectivity index (χ0v) is 19.5. The molecule has 5 heteroatoms. The van der Waals surface area contributed by atoms with Crippen molar-refractivity contribution < 1.29 is 4.74 Å². The van der Waals surface area contributed by atoms with Gasteiger partial charge in [0.05, 0.1) is 20.6 Å². The van der Waals surface area contributed by atoms with Crippen LogP contribution < -0.4 is 4.74 Å². The highest BCUT2D eigenvalue weighted by atomic mass is 127. The summed E-state index contributed by atoms with van der Waals surface area (Å²) in [6, 6.07) is 24.1. The molecule has 134 valence electrons. The van der Waals surface area contributed by atoms with Gasteiger partial charge in [0, 0.05) is 3.57 Å². The summed E-state index contributed by atoms with van der Waals surface area (Å²) in [7, 11) is 0. The standard InChI is InChI=1S/C22H14Br2INO/c23-20-11-16(10-18(13-26)17-6-8-19(25)9-7-17)12-21(24)22(20)27-14-15-4-2-1-3-5-15/h1-12H,14H2/b18-10-. The van der Waals surface area contributed by atoms with Crippen molar-refractivity contribution in [1.29, 1.82) is 5.26 Å². The Balaban J connectivity index is 1.85. The van der Waals surface area contributed by atoms with Crippen LogP contribution in [0.15, 0.2) is 75.7 Å². The predicted octanol–water partition coefficient (Wildman–Crippen LogP) is 7.46. The first-order chi connectivity index (χ1) is 13.1. The van der Waals surface area contributed by atoms with Crippen molar-refractivity contribution >= 4 is 66.1 Å². The lowest BCUT2D eigenvalue weighted by Crippen LogP contribution is -1.97. The fourth-order valence-corrected chi connectivity index (χ4v) is 4.32. The lowest BCUT2D eigenvalue weighted by molar-refractivity contribution is 0.302. The van der Waals surface area contributed by atoms with Crippen LogP contribution in [-0.2, 0) is 6.61 Å². The highest BCUT2D eigenvalue weighted by Gasteiger charge is 2.10. The fourth-order valence-electron chi connectivity index (χ4n) is 2.51. The Kier molecular flexibility index (Phi) is 7.11. The van der Waals surface area contributed by atoms with Crippen LogP contribution in [0.2, 0.25) is 0 Å². The third-order valence-corrected chi connectivity index (χ3v) is 5.73. The van der Waals surface area contributed by atoms with Gasteiger partial charge < -0.3 is 4.74 Å². The van der Waals surface area contributed by atoms with Gasteiger partial charge in [-0.3, -0.25) is 0 Å². The molecule has 0 spiro atoms. The third-order valence-electron chi connectivity index (χ3n) is 3.83. The second kappa shape index (κ2) is 9.54. The van der Waals surface area contributed by atoms with Gasteiger partial charge in [-0.25, -0.2) is 0 Å². The molecule has 0 aromatic heterocycles. The topological polar surface area (TPSA) is 33.0 Å². The van der Waals surface area contributed by atoms with Crippen molar-refractivity contribution in [3.63, 3.8) is 0 Å². The minimum Gasteiger partial charge on any atom is -0.487 e. The van der Waals surface area contributed by atoms with E-state index in [1.165, 1.54) is 0 Å². The van der Waals surface area contributed by atoms with Gasteiger partial charge in [-0.1, -0.05) is 42.5 Å². The van der Waals surface area contributed by atoms with Gasteiger partial charge >= 0.3 is 0 Å². The molecule has 0 heterocycles. The van der Waals surface area contributed by atoms with E-state index < -0.39 is 0 Å². The molecule has 0 unspecified atom stereocenters. The molecular weight excluding hydrogens is 581 g/mol. The first kappa shape index (κ1) is 20.1. The zero-order valence-electron chi connectivity index (χ0n) is 14.1. The number of hydrogen-bond acceptors (Lipinski definition) is 2. The van der Waals surface area contributed by atoms with Crippen LogP contribution in [0.1, 0.15) is 16.7 Å². The molecule has 0 aliphatic carbocycles. The average molecular weight is 595 g/mol. The van der Waals surface area contributed by atoms with E-state index in [4.69, 9.17) is 4.74 Å². The van der Waals surface area contributed by atoms with Crippen LogP contribution in [0, 0.1) is 14.9 Å². The maximum absolute atomic E-state index is 9.55. The minimum atomic E-state index is 0.485. The smallest absolute Gasteiger partial charge is 0.148 e. The molecule has 0 aliphatic rings. The second-order valence-corrected chi connectivity index (χ2v) is 8.72. The number of allylic oxidation sites excluding steroid dienone is 1. The van der Waals surface area contributed by atoms with E-state index in [1.54, 1.807) is 0 Å². The van der Waals surface area contributed by atoms with E-state index >= 15 is 0 Å². The minimum absolute atomic E-state index is 0.485. The largest absolute Gasteiger partial charge is 0.487 e. The summed E-state index contributed by atoms with van der Waals surface area (Å²) >= 11 is 9.41. The molecule has 0 N–H and O–H groups in total. The predicted molar refractivity (Wildman–Crippen MR) is 125 cm³/mol. The maximum Gasteiger partial charge on any atom is 0.148 e. The van der Waals surface area contributed by atoms with E-state index in [0.29, 0.717) is 12.2 Å². The SMILES string of the molecule is N#C/C(=C/c1cc(Br)c(OCc2ccccc2)c(Br)c1)c1ccc(I)cc1. The van der Waals surface area contributed by atoms with Crippen LogP contribution in [-0.4, -0.2) is 0 Å². The van der Waals surface area contributed by atoms with Gasteiger partial charge in [0.25, 0.3) is 0 Å². The van der Waals surface area contributed by atoms with E-state index in [2.05, 4.69) is 60.5 Å². The van der Waals surface area contributed by atoms with Gasteiger partial charge in [-0.05, 0) is 101 Å². The molecule has 0 atom stereocenters. The summed E-state index contributed by atoms with van der Waals surface area (Å²) < 4.78 is 8.76. The van der Waals surface area contributed by atoms with Crippen LogP contribution >= 0.6 is 54.5 Å². The summed E-state index contributed by atoms with van der Waals surface area (Å²) in [5, 5.41) is 9.55. The third kappa shape index (κ3) is 5.44. The summed E-state index contributed by atoms with van der Waals surface area (Å²) in [4.78, 5) is 0. The molecule has 0 aliphatic heterocycles. The monoisotopic (exact) mass is 593 g/mol. The van der Waals surface area contributed by atoms with Gasteiger partial charge in [0.2, 0.25) is 0 Å². The van der Waals surface area contributed by atoms with Crippen LogP contribution in [0.25, 0.3) is 11.6 Å². The molecule has 0 bridgehead atoms. The molecular formula is C22H14Br2INO. The Morgan fingerprint density at radius 3 is 2.22 bits per heavy atom. The van der Waals surface area contributed by atoms with Gasteiger partial charge in [0.1, 0.15) is 12.4 Å². The Morgan fingerprint density at radius 1 is 1.00 bits per heavy atom. The zero-order chi connectivity index (χ0) is 19.2. The maximum atomic E-state index is 9.55. The molecule has 27 heavy (non-hydrogen) atoms. The summed E-state index contributed by atoms with van der Waals surface area (Å²) in [5.74, 6) is 0.740. The number of nitriles is 1. The summed E-state index contributed by atoms with van der Waals surface area (Å²) in [5.41, 5.74) is 3.53. The molecule has 3 rings (SSSR count). The number of ether oxygens (including phenoxy) is 1. The Morgan fingerprint density at radius 2 is 1.63 bits per heavy atom. The number of halogens is 3. The van der Waals surface area contributed by atoms with E-state index in [-0.39, 0.29) is 0 Å². The molecule has 0 radical (unpaired) electrons. The highest BCUT2D eigenvalue weighted by Crippen LogP contribution is 2.36. The quantitative estimate of drug-likeness (QED) is 0.175. The molecule has 3 aromatic rings. The van der Waals surface area contributed by atoms with Crippen molar-refractivity contribution in [2.24, 2.45) is 0 Å². The van der Waals surface area contributed by atoms with Crippen molar-refractivity contribution in [2.45, 2.75) is 6.61 Å². The van der Waals surface area contributed by atoms with Crippen molar-refractivity contribution in [2.75, 3.05) is 0 Å². The summed E-state index contributed by atoms with van der Waals surface area (Å²) in [6.45, 7) is 0.485. The molecule has 0 saturated carbocycles. The van der Waals surface area contributed by atoms with Gasteiger partial charge in [-0.2, -0.15) is 5.26 Å². The van der Waals surface area contributed by atoms with Crippen molar-refractivity contribution in [3.05, 3.63) is 95.9 Å². The van der Waals surface area contributed by atoms with Crippen LogP contribution in [0.5, 0.6) is 5.75 Å². The average Bonchev–Trinajstić information content (AvgIpc) is 2.67. The molecule has 2 nitrogen and oxygen atoms in total. The van der Waals surface area contributed by atoms with E-state index in [1.807, 2.05) is 72.8 Å². The lowest BCUT2D eigenvalue weighted by atomic mass is 10.0. The Bertz CT molecular complexity index is 986. The van der Waals surface area contributed by atoms with E-state index in [9.17, 15) is 5.26 Å². The molecule has 0 fully saturated rings. The highest BCUT2D eigenvalue weighted by molar-refractivity contribution is 14.1. The summed E-state index contributed by atoms with van der Waals surface area (Å²) in [6.07, 6.45) is 1.87. The molecule has 0 amide bonds. The second-order valence-electron chi connectivity index (χ2n) is 5.76.